The van der Waals surface area contributed by atoms with E-state index in [-0.39, 0.29) is 0 Å². The lowest BCUT2D eigenvalue weighted by Crippen LogP contribution is -2.25. The summed E-state index contributed by atoms with van der Waals surface area (Å²) in [5.74, 6) is -0.578. The summed E-state index contributed by atoms with van der Waals surface area (Å²) in [6.45, 7) is 1.94. The van der Waals surface area contributed by atoms with Gasteiger partial charge in [0.25, 0.3) is 0 Å². The van der Waals surface area contributed by atoms with Gasteiger partial charge in [-0.15, -0.1) is 5.06 Å². The Morgan fingerprint density at radius 3 is 2.89 bits per heavy atom. The normalized spacial score (nSPS) is 9.95. The van der Waals surface area contributed by atoms with Crippen LogP contribution in [0.1, 0.15) is 22.8 Å². The fraction of sp³-hybridized carbons (Fsp3) is 0.154. The number of aryl methyl sites for hydroxylation is 1. The largest absolute Gasteiger partial charge is 0.364 e. The van der Waals surface area contributed by atoms with Crippen molar-refractivity contribution < 1.29 is 14.4 Å². The Labute approximate surface area is 109 Å². The van der Waals surface area contributed by atoms with E-state index in [0.29, 0.717) is 24.1 Å². The zero-order valence-electron chi connectivity index (χ0n) is 10.4. The van der Waals surface area contributed by atoms with Crippen LogP contribution in [0.5, 0.6) is 0 Å². The van der Waals surface area contributed by atoms with E-state index in [1.54, 1.807) is 12.1 Å². The molecule has 19 heavy (non-hydrogen) atoms. The number of rotatable bonds is 5. The van der Waals surface area contributed by atoms with Crippen molar-refractivity contribution in [2.75, 3.05) is 5.06 Å². The first-order valence-electron chi connectivity index (χ1n) is 5.79. The summed E-state index contributed by atoms with van der Waals surface area (Å²) in [5, 5.41) is 7.06. The number of anilines is 1. The van der Waals surface area contributed by atoms with Crippen LogP contribution in [-0.2, 0) is 16.1 Å². The molecule has 6 nitrogen and oxygen atoms in total. The molecule has 0 unspecified atom stereocenters. The van der Waals surface area contributed by atoms with E-state index in [9.17, 15) is 9.59 Å². The molecule has 0 aliphatic heterocycles. The van der Waals surface area contributed by atoms with Crippen molar-refractivity contribution >= 4 is 18.1 Å². The highest BCUT2D eigenvalue weighted by atomic mass is 16.7. The van der Waals surface area contributed by atoms with Gasteiger partial charge in [-0.1, -0.05) is 25.1 Å². The standard InChI is InChI=1S/C13H13N3O3/c1-2-10-5-3-4-6-12(10)13(18)19-16(9-17)11-7-14-15-8-11/h3-9H,2H2,1H3,(H,14,15). The molecule has 1 aromatic carbocycles. The van der Waals surface area contributed by atoms with E-state index in [1.165, 1.54) is 12.4 Å². The van der Waals surface area contributed by atoms with Gasteiger partial charge in [-0.25, -0.2) is 4.79 Å². The van der Waals surface area contributed by atoms with Gasteiger partial charge in [0.1, 0.15) is 5.69 Å². The van der Waals surface area contributed by atoms with E-state index in [1.807, 2.05) is 19.1 Å². The smallest absolute Gasteiger partial charge is 0.328 e. The van der Waals surface area contributed by atoms with Gasteiger partial charge < -0.3 is 4.84 Å². The lowest BCUT2D eigenvalue weighted by Gasteiger charge is -2.15. The number of hydrogen-bond acceptors (Lipinski definition) is 4. The van der Waals surface area contributed by atoms with E-state index < -0.39 is 5.97 Å². The first-order valence-corrected chi connectivity index (χ1v) is 5.79. The maximum absolute atomic E-state index is 12.0. The first-order chi connectivity index (χ1) is 9.26. The highest BCUT2D eigenvalue weighted by Crippen LogP contribution is 2.14. The molecule has 0 atom stereocenters. The van der Waals surface area contributed by atoms with Crippen LogP contribution < -0.4 is 5.06 Å². The predicted molar refractivity (Wildman–Crippen MR) is 68.4 cm³/mol. The molecule has 0 saturated heterocycles. The Hall–Kier alpha value is -2.63. The van der Waals surface area contributed by atoms with E-state index in [2.05, 4.69) is 10.2 Å². The van der Waals surface area contributed by atoms with Crippen LogP contribution in [0.15, 0.2) is 36.7 Å². The van der Waals surface area contributed by atoms with Crippen molar-refractivity contribution in [3.63, 3.8) is 0 Å². The molecule has 1 N–H and O–H groups in total. The minimum absolute atomic E-state index is 0.359. The van der Waals surface area contributed by atoms with Crippen LogP contribution in [0, 0.1) is 0 Å². The quantitative estimate of drug-likeness (QED) is 0.655. The molecule has 0 spiro atoms. The van der Waals surface area contributed by atoms with Gasteiger partial charge in [-0.2, -0.15) is 5.10 Å². The fourth-order valence-electron chi connectivity index (χ4n) is 1.67. The Balaban J connectivity index is 2.18. The number of hydrogen-bond donors (Lipinski definition) is 1. The van der Waals surface area contributed by atoms with E-state index in [0.717, 1.165) is 10.6 Å². The Bertz CT molecular complexity index is 566. The fourth-order valence-corrected chi connectivity index (χ4v) is 1.67. The second kappa shape index (κ2) is 5.81. The van der Waals surface area contributed by atoms with Crippen molar-refractivity contribution in [2.24, 2.45) is 0 Å². The van der Waals surface area contributed by atoms with Crippen LogP contribution in [0.3, 0.4) is 0 Å². The molecular weight excluding hydrogens is 246 g/mol. The molecule has 1 amide bonds. The molecule has 98 valence electrons. The summed E-state index contributed by atoms with van der Waals surface area (Å²) in [4.78, 5) is 28.0. The number of nitrogens with zero attached hydrogens (tertiary/aromatic N) is 2. The number of amides is 1. The Kier molecular flexibility index (Phi) is 3.92. The number of aromatic nitrogens is 2. The Morgan fingerprint density at radius 2 is 2.26 bits per heavy atom. The number of benzene rings is 1. The van der Waals surface area contributed by atoms with Gasteiger partial charge in [-0.3, -0.25) is 9.89 Å². The van der Waals surface area contributed by atoms with Crippen molar-refractivity contribution in [3.05, 3.63) is 47.8 Å². The second-order valence-corrected chi connectivity index (χ2v) is 3.78. The molecule has 6 heteroatoms. The molecule has 2 rings (SSSR count). The average molecular weight is 259 g/mol. The highest BCUT2D eigenvalue weighted by Gasteiger charge is 2.17. The summed E-state index contributed by atoms with van der Waals surface area (Å²) in [7, 11) is 0. The molecule has 2 aromatic rings. The maximum atomic E-state index is 12.0. The summed E-state index contributed by atoms with van der Waals surface area (Å²) < 4.78 is 0. The van der Waals surface area contributed by atoms with Gasteiger partial charge in [0, 0.05) is 6.20 Å². The number of carbonyl (C=O) groups excluding carboxylic acids is 2. The Morgan fingerprint density at radius 1 is 1.47 bits per heavy atom. The summed E-state index contributed by atoms with van der Waals surface area (Å²) >= 11 is 0. The van der Waals surface area contributed by atoms with Crippen molar-refractivity contribution in [2.45, 2.75) is 13.3 Å². The summed E-state index contributed by atoms with van der Waals surface area (Å²) in [5.41, 5.74) is 1.67. The third-order valence-corrected chi connectivity index (χ3v) is 2.63. The van der Waals surface area contributed by atoms with Crippen LogP contribution in [-0.4, -0.2) is 22.6 Å². The number of aromatic amines is 1. The van der Waals surface area contributed by atoms with Gasteiger partial charge >= 0.3 is 5.97 Å². The molecular formula is C13H13N3O3. The predicted octanol–water partition coefficient (Wildman–Crippen LogP) is 1.71. The molecule has 0 aliphatic carbocycles. The third kappa shape index (κ3) is 2.79. The molecule has 0 bridgehead atoms. The minimum Gasteiger partial charge on any atom is -0.328 e. The molecule has 1 heterocycles. The van der Waals surface area contributed by atoms with Gasteiger partial charge in [0.15, 0.2) is 0 Å². The molecule has 0 aliphatic rings. The third-order valence-electron chi connectivity index (χ3n) is 2.63. The van der Waals surface area contributed by atoms with Crippen molar-refractivity contribution in [1.29, 1.82) is 0 Å². The average Bonchev–Trinajstić information content (AvgIpc) is 2.98. The summed E-state index contributed by atoms with van der Waals surface area (Å²) in [6.07, 6.45) is 3.95. The lowest BCUT2D eigenvalue weighted by atomic mass is 10.1. The van der Waals surface area contributed by atoms with Crippen LogP contribution >= 0.6 is 0 Å². The molecule has 0 radical (unpaired) electrons. The topological polar surface area (TPSA) is 75.3 Å². The monoisotopic (exact) mass is 259 g/mol. The zero-order valence-corrected chi connectivity index (χ0v) is 10.4. The van der Waals surface area contributed by atoms with Crippen molar-refractivity contribution in [1.82, 2.24) is 10.2 Å². The number of H-pyrrole nitrogens is 1. The highest BCUT2D eigenvalue weighted by molar-refractivity contribution is 5.93. The summed E-state index contributed by atoms with van der Waals surface area (Å²) in [6, 6.07) is 7.11. The zero-order chi connectivity index (χ0) is 13.7. The first kappa shape index (κ1) is 12.8. The number of carbonyl (C=O) groups is 2. The number of hydroxylamine groups is 1. The SMILES string of the molecule is CCc1ccccc1C(=O)ON(C=O)c1cn[nH]c1. The maximum Gasteiger partial charge on any atom is 0.364 e. The van der Waals surface area contributed by atoms with Crippen molar-refractivity contribution in [3.8, 4) is 0 Å². The molecule has 0 fully saturated rings. The molecule has 1 aromatic heterocycles. The van der Waals surface area contributed by atoms with Gasteiger partial charge in [0.05, 0.1) is 11.8 Å². The molecule has 0 saturated carbocycles. The minimum atomic E-state index is -0.578. The second-order valence-electron chi connectivity index (χ2n) is 3.78. The van der Waals surface area contributed by atoms with Gasteiger partial charge in [-0.05, 0) is 18.1 Å². The van der Waals surface area contributed by atoms with Crippen LogP contribution in [0.25, 0.3) is 0 Å². The van der Waals surface area contributed by atoms with Crippen LogP contribution in [0.4, 0.5) is 5.69 Å². The van der Waals surface area contributed by atoms with E-state index in [4.69, 9.17) is 4.84 Å². The van der Waals surface area contributed by atoms with Crippen LogP contribution in [0.2, 0.25) is 0 Å². The van der Waals surface area contributed by atoms with Gasteiger partial charge in [0.2, 0.25) is 6.41 Å². The number of nitrogens with one attached hydrogen (secondary N) is 1. The van der Waals surface area contributed by atoms with E-state index >= 15 is 0 Å². The lowest BCUT2D eigenvalue weighted by molar-refractivity contribution is -0.112.